The number of rotatable bonds is 4. The third-order valence-corrected chi connectivity index (χ3v) is 6.52. The molecule has 2 N–H and O–H groups in total. The molecule has 4 aliphatic rings. The van der Waals surface area contributed by atoms with Crippen molar-refractivity contribution in [1.29, 1.82) is 0 Å². The third-order valence-electron chi connectivity index (χ3n) is 6.52. The van der Waals surface area contributed by atoms with Gasteiger partial charge in [-0.3, -0.25) is 19.9 Å². The summed E-state index contributed by atoms with van der Waals surface area (Å²) in [4.78, 5) is 19.7. The van der Waals surface area contributed by atoms with Crippen LogP contribution in [0.15, 0.2) is 11.3 Å². The van der Waals surface area contributed by atoms with Crippen LogP contribution < -0.4 is 10.6 Å². The second-order valence-corrected chi connectivity index (χ2v) is 7.95. The molecule has 7 nitrogen and oxygen atoms in total. The van der Waals surface area contributed by atoms with E-state index in [1.807, 2.05) is 0 Å². The number of ether oxygens (including phenoxy) is 1. The molecule has 1 amide bonds. The van der Waals surface area contributed by atoms with Crippen molar-refractivity contribution in [3.8, 4) is 0 Å². The van der Waals surface area contributed by atoms with Crippen molar-refractivity contribution in [1.82, 2.24) is 25.3 Å². The second kappa shape index (κ2) is 8.25. The first-order valence-electron chi connectivity index (χ1n) is 10.2. The summed E-state index contributed by atoms with van der Waals surface area (Å²) in [5, 5.41) is 6.79. The normalized spacial score (nSPS) is 29.0. The Morgan fingerprint density at radius 2 is 1.88 bits per heavy atom. The van der Waals surface area contributed by atoms with Crippen LogP contribution in [0, 0.1) is 0 Å². The van der Waals surface area contributed by atoms with Gasteiger partial charge in [-0.2, -0.15) is 0 Å². The van der Waals surface area contributed by atoms with Gasteiger partial charge in [0.05, 0.1) is 13.2 Å². The molecule has 4 rings (SSSR count). The van der Waals surface area contributed by atoms with E-state index < -0.39 is 0 Å². The number of piperazine rings is 1. The summed E-state index contributed by atoms with van der Waals surface area (Å²) in [6, 6.07) is 0.796. The van der Waals surface area contributed by atoms with Crippen LogP contribution in [0.4, 0.5) is 0 Å². The van der Waals surface area contributed by atoms with Gasteiger partial charge in [-0.25, -0.2) is 0 Å². The van der Waals surface area contributed by atoms with Crippen molar-refractivity contribution in [2.24, 2.45) is 0 Å². The Labute approximate surface area is 156 Å². The lowest BCUT2D eigenvalue weighted by Gasteiger charge is -2.43. The van der Waals surface area contributed by atoms with Gasteiger partial charge in [-0.05, 0) is 24.8 Å². The first-order valence-corrected chi connectivity index (χ1v) is 10.2. The molecule has 0 spiro atoms. The molecule has 1 saturated carbocycles. The molecule has 146 valence electrons. The Balaban J connectivity index is 1.25. The topological polar surface area (TPSA) is 60.1 Å². The number of carbonyl (C=O) groups is 1. The average molecular weight is 364 g/mol. The predicted octanol–water partition coefficient (Wildman–Crippen LogP) is 0.156. The molecule has 0 bridgehead atoms. The van der Waals surface area contributed by atoms with E-state index in [2.05, 4.69) is 25.3 Å². The van der Waals surface area contributed by atoms with Gasteiger partial charge in [0, 0.05) is 64.5 Å². The van der Waals surface area contributed by atoms with E-state index in [9.17, 15) is 4.79 Å². The van der Waals surface area contributed by atoms with Crippen molar-refractivity contribution in [2.75, 3.05) is 59.6 Å². The number of nitrogens with zero attached hydrogens (tertiary/aromatic N) is 3. The van der Waals surface area contributed by atoms with Gasteiger partial charge in [0.2, 0.25) is 5.91 Å². The maximum atomic E-state index is 12.8. The molecular weight excluding hydrogens is 330 g/mol. The molecule has 1 aliphatic carbocycles. The fraction of sp³-hybridized carbons (Fsp3) is 0.842. The zero-order chi connectivity index (χ0) is 17.9. The van der Waals surface area contributed by atoms with Gasteiger partial charge >= 0.3 is 0 Å². The minimum Gasteiger partial charge on any atom is -0.376 e. The van der Waals surface area contributed by atoms with Crippen LogP contribution in [-0.2, 0) is 9.53 Å². The van der Waals surface area contributed by atoms with E-state index in [0.717, 1.165) is 64.8 Å². The minimum absolute atomic E-state index is 0.0153. The summed E-state index contributed by atoms with van der Waals surface area (Å²) in [6.45, 7) is 7.07. The van der Waals surface area contributed by atoms with Crippen molar-refractivity contribution in [3.63, 3.8) is 0 Å². The second-order valence-electron chi connectivity index (χ2n) is 7.95. The average Bonchev–Trinajstić information content (AvgIpc) is 2.83. The van der Waals surface area contributed by atoms with E-state index >= 15 is 0 Å². The molecule has 26 heavy (non-hydrogen) atoms. The summed E-state index contributed by atoms with van der Waals surface area (Å²) >= 11 is 0. The van der Waals surface area contributed by atoms with Crippen LogP contribution in [0.1, 0.15) is 32.1 Å². The third kappa shape index (κ3) is 3.91. The fourth-order valence-corrected chi connectivity index (χ4v) is 4.60. The van der Waals surface area contributed by atoms with E-state index in [1.165, 1.54) is 30.5 Å². The van der Waals surface area contributed by atoms with Gasteiger partial charge in [0.15, 0.2) is 0 Å². The van der Waals surface area contributed by atoms with E-state index in [4.69, 9.17) is 4.74 Å². The largest absolute Gasteiger partial charge is 0.376 e. The number of methoxy groups -OCH3 is 1. The van der Waals surface area contributed by atoms with E-state index in [-0.39, 0.29) is 6.23 Å². The van der Waals surface area contributed by atoms with E-state index in [0.29, 0.717) is 12.5 Å². The molecule has 1 unspecified atom stereocenters. The van der Waals surface area contributed by atoms with Crippen molar-refractivity contribution >= 4 is 5.91 Å². The van der Waals surface area contributed by atoms with Crippen molar-refractivity contribution < 1.29 is 9.53 Å². The first kappa shape index (κ1) is 18.2. The number of hydrogen-bond donors (Lipinski definition) is 2. The highest BCUT2D eigenvalue weighted by molar-refractivity contribution is 5.78. The van der Waals surface area contributed by atoms with Crippen molar-refractivity contribution in [2.45, 2.75) is 44.4 Å². The van der Waals surface area contributed by atoms with Crippen LogP contribution in [0.5, 0.6) is 0 Å². The van der Waals surface area contributed by atoms with Crippen LogP contribution in [0.25, 0.3) is 0 Å². The van der Waals surface area contributed by atoms with Crippen LogP contribution in [-0.4, -0.2) is 92.5 Å². The quantitative estimate of drug-likeness (QED) is 0.742. The van der Waals surface area contributed by atoms with E-state index in [1.54, 1.807) is 7.11 Å². The summed E-state index contributed by atoms with van der Waals surface area (Å²) in [5.41, 5.74) is 2.63. The molecule has 0 aromatic rings. The summed E-state index contributed by atoms with van der Waals surface area (Å²) < 4.78 is 5.56. The molecule has 0 aromatic heterocycles. The Hall–Kier alpha value is -1.15. The molecule has 2 fully saturated rings. The van der Waals surface area contributed by atoms with Crippen LogP contribution >= 0.6 is 0 Å². The van der Waals surface area contributed by atoms with Gasteiger partial charge in [0.1, 0.15) is 6.23 Å². The van der Waals surface area contributed by atoms with Crippen molar-refractivity contribution in [3.05, 3.63) is 11.3 Å². The number of nitrogens with one attached hydrogen (secondary N) is 2. The first-order chi connectivity index (χ1) is 12.7. The lowest BCUT2D eigenvalue weighted by atomic mass is 9.91. The number of amides is 1. The molecule has 1 saturated heterocycles. The van der Waals surface area contributed by atoms with Gasteiger partial charge in [-0.1, -0.05) is 6.42 Å². The lowest BCUT2D eigenvalue weighted by Crippen LogP contribution is -2.55. The molecule has 7 heteroatoms. The predicted molar refractivity (Wildman–Crippen MR) is 100 cm³/mol. The standard InChI is InChI=1S/C19H33N5O2/c1-26-19-16-5-7-22(8-6-17(16)20-14-21-19)13-18(25)24-11-9-23(10-12-24)15-3-2-4-15/h15,19-21H,2-14H2,1H3. The smallest absolute Gasteiger partial charge is 0.236 e. The minimum atomic E-state index is 0.0153. The summed E-state index contributed by atoms with van der Waals surface area (Å²) in [6.07, 6.45) is 6.03. The van der Waals surface area contributed by atoms with Crippen LogP contribution in [0.3, 0.4) is 0 Å². The molecular formula is C19H33N5O2. The Morgan fingerprint density at radius 1 is 1.12 bits per heavy atom. The zero-order valence-corrected chi connectivity index (χ0v) is 16.0. The summed E-state index contributed by atoms with van der Waals surface area (Å²) in [5.74, 6) is 0.299. The highest BCUT2D eigenvalue weighted by atomic mass is 16.5. The number of hydrogen-bond acceptors (Lipinski definition) is 6. The highest BCUT2D eigenvalue weighted by Crippen LogP contribution is 2.26. The Morgan fingerprint density at radius 3 is 2.58 bits per heavy atom. The fourth-order valence-electron chi connectivity index (χ4n) is 4.60. The van der Waals surface area contributed by atoms with Gasteiger partial charge in [-0.15, -0.1) is 0 Å². The molecule has 0 radical (unpaired) electrons. The molecule has 3 heterocycles. The van der Waals surface area contributed by atoms with Crippen LogP contribution in [0.2, 0.25) is 0 Å². The van der Waals surface area contributed by atoms with Gasteiger partial charge in [0.25, 0.3) is 0 Å². The number of carbonyl (C=O) groups excluding carboxylic acids is 1. The zero-order valence-electron chi connectivity index (χ0n) is 16.0. The SMILES string of the molecule is COC1NCNC2=C1CCN(CC(=O)N1CCN(C3CCC3)CC1)CC2. The maximum Gasteiger partial charge on any atom is 0.236 e. The molecule has 3 aliphatic heterocycles. The molecule has 1 atom stereocenters. The monoisotopic (exact) mass is 363 g/mol. The highest BCUT2D eigenvalue weighted by Gasteiger charge is 2.30. The Bertz CT molecular complexity index is 540. The lowest BCUT2D eigenvalue weighted by molar-refractivity contribution is -0.134. The Kier molecular flexibility index (Phi) is 5.78. The maximum absolute atomic E-state index is 12.8. The van der Waals surface area contributed by atoms with Gasteiger partial charge < -0.3 is 15.0 Å². The molecule has 0 aromatic carbocycles. The summed E-state index contributed by atoms with van der Waals surface area (Å²) in [7, 11) is 1.75.